The second-order valence-corrected chi connectivity index (χ2v) is 7.09. The van der Waals surface area contributed by atoms with Gasteiger partial charge in [-0.15, -0.1) is 0 Å². The summed E-state index contributed by atoms with van der Waals surface area (Å²) >= 11 is 0. The van der Waals surface area contributed by atoms with Crippen molar-refractivity contribution >= 4 is 23.5 Å². The first-order valence-electron chi connectivity index (χ1n) is 9.75. The van der Waals surface area contributed by atoms with Crippen LogP contribution in [-0.4, -0.2) is 34.3 Å². The number of allylic oxidation sites excluding steroid dienone is 3. The van der Waals surface area contributed by atoms with Gasteiger partial charge in [-0.25, -0.2) is 4.79 Å². The number of carboxylic acid groups (broad SMARTS) is 1. The molecule has 0 saturated carbocycles. The lowest BCUT2D eigenvalue weighted by molar-refractivity contribution is -0.135. The van der Waals surface area contributed by atoms with Crippen molar-refractivity contribution < 1.29 is 19.5 Å². The Hall–Kier alpha value is -3.67. The van der Waals surface area contributed by atoms with Gasteiger partial charge in [0.25, 0.3) is 5.91 Å². The highest BCUT2D eigenvalue weighted by Crippen LogP contribution is 2.31. The summed E-state index contributed by atoms with van der Waals surface area (Å²) in [6.45, 7) is 4.03. The van der Waals surface area contributed by atoms with Crippen LogP contribution in [0.5, 0.6) is 0 Å². The standard InChI is InChI=1S/C24H24N2O4/c1-3-4-5-10-21(27)26-14-13-17-8-6-7-9-19(17)22(26)23(28)25-20-12-11-18(24(29)30)15-16(20)2/h3-12,15,22H,13-14H2,1-2H3,(H,25,28)(H,29,30)/b4-3+,10-5+. The minimum Gasteiger partial charge on any atom is -0.478 e. The first-order valence-corrected chi connectivity index (χ1v) is 9.75. The number of rotatable bonds is 5. The van der Waals surface area contributed by atoms with Crippen molar-refractivity contribution in [2.24, 2.45) is 0 Å². The average Bonchev–Trinajstić information content (AvgIpc) is 2.74. The summed E-state index contributed by atoms with van der Waals surface area (Å²) in [5.74, 6) is -1.59. The highest BCUT2D eigenvalue weighted by molar-refractivity contribution is 6.01. The van der Waals surface area contributed by atoms with Gasteiger partial charge in [-0.3, -0.25) is 9.59 Å². The number of carbonyl (C=O) groups is 3. The second kappa shape index (κ2) is 9.22. The minimum atomic E-state index is -1.03. The van der Waals surface area contributed by atoms with Gasteiger partial charge in [-0.1, -0.05) is 42.5 Å². The van der Waals surface area contributed by atoms with Crippen LogP contribution < -0.4 is 5.32 Å². The Labute approximate surface area is 175 Å². The SMILES string of the molecule is C/C=C/C=C/C(=O)N1CCc2ccccc2C1C(=O)Nc1ccc(C(=O)O)cc1C. The van der Waals surface area contributed by atoms with Crippen molar-refractivity contribution in [1.29, 1.82) is 0 Å². The number of fused-ring (bicyclic) bond motifs is 1. The summed E-state index contributed by atoms with van der Waals surface area (Å²) in [5.41, 5.74) is 3.15. The maximum atomic E-state index is 13.3. The molecule has 2 aromatic rings. The van der Waals surface area contributed by atoms with Gasteiger partial charge in [0.05, 0.1) is 5.56 Å². The van der Waals surface area contributed by atoms with E-state index in [1.54, 1.807) is 30.0 Å². The maximum absolute atomic E-state index is 13.3. The number of nitrogens with zero attached hydrogens (tertiary/aromatic N) is 1. The molecule has 0 aromatic heterocycles. The van der Waals surface area contributed by atoms with Gasteiger partial charge in [-0.05, 0) is 55.2 Å². The van der Waals surface area contributed by atoms with E-state index in [4.69, 9.17) is 5.11 Å². The van der Waals surface area contributed by atoms with Gasteiger partial charge in [0.15, 0.2) is 0 Å². The molecule has 2 N–H and O–H groups in total. The van der Waals surface area contributed by atoms with E-state index in [2.05, 4.69) is 5.32 Å². The fourth-order valence-electron chi connectivity index (χ4n) is 3.57. The highest BCUT2D eigenvalue weighted by Gasteiger charge is 2.35. The van der Waals surface area contributed by atoms with Crippen LogP contribution in [0.15, 0.2) is 66.8 Å². The predicted molar refractivity (Wildman–Crippen MR) is 115 cm³/mol. The molecule has 0 saturated heterocycles. The van der Waals surface area contributed by atoms with E-state index in [1.165, 1.54) is 18.2 Å². The Bertz CT molecular complexity index is 1040. The van der Waals surface area contributed by atoms with Crippen LogP contribution in [-0.2, 0) is 16.0 Å². The third-order valence-electron chi connectivity index (χ3n) is 5.09. The Morgan fingerprint density at radius 2 is 1.90 bits per heavy atom. The van der Waals surface area contributed by atoms with Gasteiger partial charge in [0.1, 0.15) is 6.04 Å². The normalized spacial score (nSPS) is 15.9. The van der Waals surface area contributed by atoms with E-state index in [1.807, 2.05) is 37.3 Å². The highest BCUT2D eigenvalue weighted by atomic mass is 16.4. The van der Waals surface area contributed by atoms with Crippen molar-refractivity contribution in [2.75, 3.05) is 11.9 Å². The molecule has 0 aliphatic carbocycles. The van der Waals surface area contributed by atoms with Gasteiger partial charge < -0.3 is 15.3 Å². The fraction of sp³-hybridized carbons (Fsp3) is 0.208. The molecular formula is C24H24N2O4. The maximum Gasteiger partial charge on any atom is 0.335 e. The molecule has 0 radical (unpaired) electrons. The lowest BCUT2D eigenvalue weighted by Gasteiger charge is -2.36. The summed E-state index contributed by atoms with van der Waals surface area (Å²) < 4.78 is 0. The molecule has 1 aliphatic rings. The van der Waals surface area contributed by atoms with Crippen LogP contribution in [0.4, 0.5) is 5.69 Å². The molecule has 1 atom stereocenters. The Morgan fingerprint density at radius 3 is 2.60 bits per heavy atom. The van der Waals surface area contributed by atoms with Crippen molar-refractivity contribution in [3.8, 4) is 0 Å². The molecule has 0 bridgehead atoms. The monoisotopic (exact) mass is 404 g/mol. The molecule has 1 unspecified atom stereocenters. The summed E-state index contributed by atoms with van der Waals surface area (Å²) in [4.78, 5) is 38.8. The molecule has 6 heteroatoms. The lowest BCUT2D eigenvalue weighted by atomic mass is 9.91. The zero-order valence-corrected chi connectivity index (χ0v) is 17.0. The van der Waals surface area contributed by atoms with Gasteiger partial charge in [0, 0.05) is 18.3 Å². The third kappa shape index (κ3) is 4.49. The van der Waals surface area contributed by atoms with Crippen molar-refractivity contribution in [3.05, 3.63) is 89.0 Å². The number of hydrogen-bond acceptors (Lipinski definition) is 3. The molecule has 0 spiro atoms. The summed E-state index contributed by atoms with van der Waals surface area (Å²) in [7, 11) is 0. The lowest BCUT2D eigenvalue weighted by Crippen LogP contribution is -2.44. The molecular weight excluding hydrogens is 380 g/mol. The van der Waals surface area contributed by atoms with Gasteiger partial charge in [0.2, 0.25) is 5.91 Å². The number of aryl methyl sites for hydroxylation is 1. The quantitative estimate of drug-likeness (QED) is 0.585. The van der Waals surface area contributed by atoms with E-state index >= 15 is 0 Å². The number of benzene rings is 2. The first kappa shape index (κ1) is 21.0. The topological polar surface area (TPSA) is 86.7 Å². The van der Waals surface area contributed by atoms with Crippen LogP contribution in [0.25, 0.3) is 0 Å². The number of anilines is 1. The van der Waals surface area contributed by atoms with E-state index in [-0.39, 0.29) is 17.4 Å². The van der Waals surface area contributed by atoms with E-state index < -0.39 is 12.0 Å². The van der Waals surface area contributed by atoms with Crippen molar-refractivity contribution in [2.45, 2.75) is 26.3 Å². The molecule has 1 heterocycles. The fourth-order valence-corrected chi connectivity index (χ4v) is 3.57. The number of aromatic carboxylic acids is 1. The number of carboxylic acids is 1. The molecule has 3 rings (SSSR count). The Morgan fingerprint density at radius 1 is 1.13 bits per heavy atom. The van der Waals surface area contributed by atoms with Crippen LogP contribution in [0.3, 0.4) is 0 Å². The number of carbonyl (C=O) groups excluding carboxylic acids is 2. The summed E-state index contributed by atoms with van der Waals surface area (Å²) in [6, 6.07) is 11.4. The minimum absolute atomic E-state index is 0.152. The molecule has 6 nitrogen and oxygen atoms in total. The van der Waals surface area contributed by atoms with Crippen LogP contribution >= 0.6 is 0 Å². The predicted octanol–water partition coefficient (Wildman–Crippen LogP) is 3.89. The van der Waals surface area contributed by atoms with E-state index in [0.29, 0.717) is 24.2 Å². The molecule has 2 amide bonds. The average molecular weight is 404 g/mol. The number of nitrogens with one attached hydrogen (secondary N) is 1. The van der Waals surface area contributed by atoms with E-state index in [0.717, 1.165) is 11.1 Å². The smallest absolute Gasteiger partial charge is 0.335 e. The number of hydrogen-bond donors (Lipinski definition) is 2. The molecule has 2 aromatic carbocycles. The number of amides is 2. The Kier molecular flexibility index (Phi) is 6.47. The Balaban J connectivity index is 1.93. The zero-order chi connectivity index (χ0) is 21.7. The van der Waals surface area contributed by atoms with Crippen LogP contribution in [0.2, 0.25) is 0 Å². The second-order valence-electron chi connectivity index (χ2n) is 7.09. The largest absolute Gasteiger partial charge is 0.478 e. The zero-order valence-electron chi connectivity index (χ0n) is 17.0. The molecule has 154 valence electrons. The summed E-state index contributed by atoms with van der Waals surface area (Å²) in [5, 5.41) is 12.0. The van der Waals surface area contributed by atoms with E-state index in [9.17, 15) is 14.4 Å². The first-order chi connectivity index (χ1) is 14.4. The van der Waals surface area contributed by atoms with Crippen molar-refractivity contribution in [1.82, 2.24) is 4.90 Å². The molecule has 1 aliphatic heterocycles. The van der Waals surface area contributed by atoms with Crippen molar-refractivity contribution in [3.63, 3.8) is 0 Å². The van der Waals surface area contributed by atoms with Crippen LogP contribution in [0, 0.1) is 6.92 Å². The molecule has 0 fully saturated rings. The van der Waals surface area contributed by atoms with Crippen LogP contribution in [0.1, 0.15) is 40.0 Å². The summed E-state index contributed by atoms with van der Waals surface area (Å²) in [6.07, 6.45) is 7.38. The third-order valence-corrected chi connectivity index (χ3v) is 5.09. The molecule has 30 heavy (non-hydrogen) atoms. The van der Waals surface area contributed by atoms with Gasteiger partial charge >= 0.3 is 5.97 Å². The van der Waals surface area contributed by atoms with Gasteiger partial charge in [-0.2, -0.15) is 0 Å².